The molecule has 7 heteroatoms. The van der Waals surface area contributed by atoms with Gasteiger partial charge < -0.3 is 10.2 Å². The normalized spacial score (nSPS) is 14.6. The number of nitrogens with one attached hydrogen (secondary N) is 1. The van der Waals surface area contributed by atoms with E-state index in [1.54, 1.807) is 4.90 Å². The molecule has 0 saturated carbocycles. The summed E-state index contributed by atoms with van der Waals surface area (Å²) < 4.78 is 1.06. The van der Waals surface area contributed by atoms with Crippen LogP contribution in [0.1, 0.15) is 15.2 Å². The van der Waals surface area contributed by atoms with Crippen LogP contribution in [0.5, 0.6) is 0 Å². The summed E-state index contributed by atoms with van der Waals surface area (Å²) >= 11 is 2.90. The third kappa shape index (κ3) is 2.81. The number of likely N-dealkylation sites (tertiary alicyclic amines) is 1. The van der Waals surface area contributed by atoms with Crippen LogP contribution >= 0.6 is 22.7 Å². The first-order valence-corrected chi connectivity index (χ1v) is 9.30. The smallest absolute Gasteiger partial charge is 0.263 e. The van der Waals surface area contributed by atoms with Gasteiger partial charge in [0.15, 0.2) is 5.13 Å². The molecular weight excluding hydrogens is 342 g/mol. The number of aromatic nitrogens is 1. The highest BCUT2D eigenvalue weighted by Crippen LogP contribution is 2.28. The SMILES string of the molecule is Cc1ccc2nc(NC(=O)C3CN(C(=O)c4cccs4)C3)sc2c1. The maximum atomic E-state index is 12.3. The molecule has 24 heavy (non-hydrogen) atoms. The summed E-state index contributed by atoms with van der Waals surface area (Å²) in [6, 6.07) is 9.70. The molecule has 0 radical (unpaired) electrons. The molecule has 2 amide bonds. The summed E-state index contributed by atoms with van der Waals surface area (Å²) in [6.07, 6.45) is 0. The molecule has 0 aliphatic carbocycles. The number of benzene rings is 1. The van der Waals surface area contributed by atoms with Crippen molar-refractivity contribution in [2.75, 3.05) is 18.4 Å². The van der Waals surface area contributed by atoms with Crippen LogP contribution in [-0.2, 0) is 4.79 Å². The number of nitrogens with zero attached hydrogens (tertiary/aromatic N) is 2. The number of rotatable bonds is 3. The second-order valence-corrected chi connectivity index (χ2v) is 7.84. The van der Waals surface area contributed by atoms with Crippen molar-refractivity contribution >= 4 is 49.8 Å². The van der Waals surface area contributed by atoms with E-state index in [0.717, 1.165) is 15.1 Å². The Balaban J connectivity index is 1.38. The fourth-order valence-electron chi connectivity index (χ4n) is 2.66. The third-order valence-electron chi connectivity index (χ3n) is 4.05. The van der Waals surface area contributed by atoms with E-state index in [1.165, 1.54) is 28.2 Å². The van der Waals surface area contributed by atoms with Gasteiger partial charge in [0.1, 0.15) is 0 Å². The fourth-order valence-corrected chi connectivity index (χ4v) is 4.32. The largest absolute Gasteiger partial charge is 0.336 e. The molecule has 0 unspecified atom stereocenters. The summed E-state index contributed by atoms with van der Waals surface area (Å²) in [4.78, 5) is 31.3. The Morgan fingerprint density at radius 2 is 2.12 bits per heavy atom. The molecular formula is C17H15N3O2S2. The second-order valence-electron chi connectivity index (χ2n) is 5.86. The summed E-state index contributed by atoms with van der Waals surface area (Å²) in [7, 11) is 0. The van der Waals surface area contributed by atoms with E-state index in [9.17, 15) is 9.59 Å². The Labute approximate surface area is 146 Å². The number of anilines is 1. The minimum Gasteiger partial charge on any atom is -0.336 e. The van der Waals surface area contributed by atoms with Gasteiger partial charge in [-0.3, -0.25) is 9.59 Å². The van der Waals surface area contributed by atoms with Gasteiger partial charge in [-0.2, -0.15) is 0 Å². The molecule has 122 valence electrons. The van der Waals surface area contributed by atoms with Crippen LogP contribution < -0.4 is 5.32 Å². The first kappa shape index (κ1) is 15.3. The lowest BCUT2D eigenvalue weighted by molar-refractivity contribution is -0.123. The van der Waals surface area contributed by atoms with Crippen LogP contribution in [0.15, 0.2) is 35.7 Å². The Kier molecular flexibility index (Phi) is 3.82. The first-order chi connectivity index (χ1) is 11.6. The predicted molar refractivity (Wildman–Crippen MR) is 96.7 cm³/mol. The van der Waals surface area contributed by atoms with Crippen molar-refractivity contribution in [1.29, 1.82) is 0 Å². The summed E-state index contributed by atoms with van der Waals surface area (Å²) in [5, 5.41) is 5.38. The van der Waals surface area contributed by atoms with Gasteiger partial charge in [0.05, 0.1) is 21.0 Å². The first-order valence-electron chi connectivity index (χ1n) is 7.61. The minimum atomic E-state index is -0.164. The van der Waals surface area contributed by atoms with Crippen molar-refractivity contribution in [2.45, 2.75) is 6.92 Å². The van der Waals surface area contributed by atoms with Crippen LogP contribution in [0.25, 0.3) is 10.2 Å². The lowest BCUT2D eigenvalue weighted by Gasteiger charge is -2.37. The highest BCUT2D eigenvalue weighted by Gasteiger charge is 2.36. The van der Waals surface area contributed by atoms with Crippen molar-refractivity contribution < 1.29 is 9.59 Å². The molecule has 1 aromatic carbocycles. The van der Waals surface area contributed by atoms with E-state index in [-0.39, 0.29) is 17.7 Å². The summed E-state index contributed by atoms with van der Waals surface area (Å²) in [6.45, 7) is 2.96. The third-order valence-corrected chi connectivity index (χ3v) is 5.84. The van der Waals surface area contributed by atoms with Crippen molar-refractivity contribution in [3.8, 4) is 0 Å². The molecule has 0 spiro atoms. The predicted octanol–water partition coefficient (Wildman–Crippen LogP) is 3.38. The lowest BCUT2D eigenvalue weighted by atomic mass is 9.99. The average Bonchev–Trinajstić information content (AvgIpc) is 3.13. The zero-order chi connectivity index (χ0) is 16.7. The van der Waals surface area contributed by atoms with Gasteiger partial charge in [-0.1, -0.05) is 23.5 Å². The fraction of sp³-hybridized carbons (Fsp3) is 0.235. The maximum absolute atomic E-state index is 12.3. The second kappa shape index (κ2) is 5.99. The van der Waals surface area contributed by atoms with E-state index < -0.39 is 0 Å². The maximum Gasteiger partial charge on any atom is 0.263 e. The number of hydrogen-bond donors (Lipinski definition) is 1. The number of hydrogen-bond acceptors (Lipinski definition) is 5. The van der Waals surface area contributed by atoms with E-state index in [2.05, 4.69) is 16.4 Å². The molecule has 0 bridgehead atoms. The van der Waals surface area contributed by atoms with Crippen molar-refractivity contribution in [1.82, 2.24) is 9.88 Å². The van der Waals surface area contributed by atoms with E-state index in [0.29, 0.717) is 18.2 Å². The van der Waals surface area contributed by atoms with Crippen LogP contribution in [0.4, 0.5) is 5.13 Å². The molecule has 1 saturated heterocycles. The molecule has 3 aromatic rings. The highest BCUT2D eigenvalue weighted by atomic mass is 32.1. The van der Waals surface area contributed by atoms with E-state index in [1.807, 2.05) is 36.6 Å². The molecule has 1 fully saturated rings. The molecule has 3 heterocycles. The van der Waals surface area contributed by atoms with Gasteiger partial charge in [-0.25, -0.2) is 4.98 Å². The number of thiazole rings is 1. The van der Waals surface area contributed by atoms with Crippen LogP contribution in [0, 0.1) is 12.8 Å². The number of carbonyl (C=O) groups excluding carboxylic acids is 2. The van der Waals surface area contributed by atoms with Gasteiger partial charge in [-0.05, 0) is 36.1 Å². The molecule has 5 nitrogen and oxygen atoms in total. The van der Waals surface area contributed by atoms with Gasteiger partial charge >= 0.3 is 0 Å². The van der Waals surface area contributed by atoms with Crippen molar-refractivity contribution in [3.63, 3.8) is 0 Å². The van der Waals surface area contributed by atoms with Gasteiger partial charge in [0.25, 0.3) is 5.91 Å². The number of carbonyl (C=O) groups is 2. The number of amides is 2. The Morgan fingerprint density at radius 3 is 2.88 bits per heavy atom. The average molecular weight is 357 g/mol. The van der Waals surface area contributed by atoms with Crippen molar-refractivity contribution in [3.05, 3.63) is 46.2 Å². The Bertz CT molecular complexity index is 911. The summed E-state index contributed by atoms with van der Waals surface area (Å²) in [5.74, 6) is -0.229. The quantitative estimate of drug-likeness (QED) is 0.782. The topological polar surface area (TPSA) is 62.3 Å². The number of fused-ring (bicyclic) bond motifs is 1. The van der Waals surface area contributed by atoms with Crippen LogP contribution in [0.3, 0.4) is 0 Å². The molecule has 0 atom stereocenters. The van der Waals surface area contributed by atoms with Gasteiger partial charge in [0, 0.05) is 13.1 Å². The molecule has 1 N–H and O–H groups in total. The zero-order valence-corrected chi connectivity index (χ0v) is 14.6. The Morgan fingerprint density at radius 1 is 1.29 bits per heavy atom. The lowest BCUT2D eigenvalue weighted by Crippen LogP contribution is -2.54. The van der Waals surface area contributed by atoms with Crippen LogP contribution in [0.2, 0.25) is 0 Å². The molecule has 4 rings (SSSR count). The van der Waals surface area contributed by atoms with E-state index in [4.69, 9.17) is 0 Å². The van der Waals surface area contributed by atoms with Crippen molar-refractivity contribution in [2.24, 2.45) is 5.92 Å². The molecule has 1 aliphatic rings. The number of aryl methyl sites for hydroxylation is 1. The minimum absolute atomic E-state index is 0.00418. The number of thiophene rings is 1. The Hall–Kier alpha value is -2.25. The highest BCUT2D eigenvalue weighted by molar-refractivity contribution is 7.22. The zero-order valence-electron chi connectivity index (χ0n) is 13.0. The molecule has 2 aromatic heterocycles. The monoisotopic (exact) mass is 357 g/mol. The van der Waals surface area contributed by atoms with Crippen LogP contribution in [-0.4, -0.2) is 34.8 Å². The summed E-state index contributed by atoms with van der Waals surface area (Å²) in [5.41, 5.74) is 2.06. The molecule has 1 aliphatic heterocycles. The van der Waals surface area contributed by atoms with E-state index >= 15 is 0 Å². The van der Waals surface area contributed by atoms with Gasteiger partial charge in [0.2, 0.25) is 5.91 Å². The van der Waals surface area contributed by atoms with Gasteiger partial charge in [-0.15, -0.1) is 11.3 Å². The standard InChI is InChI=1S/C17H15N3O2S2/c1-10-4-5-12-14(7-10)24-17(18-12)19-15(21)11-8-20(9-11)16(22)13-3-2-6-23-13/h2-7,11H,8-9H2,1H3,(H,18,19,21).